The van der Waals surface area contributed by atoms with Crippen LogP contribution in [0.15, 0.2) is 4.99 Å². The molecule has 5 nitrogen and oxygen atoms in total. The van der Waals surface area contributed by atoms with Crippen molar-refractivity contribution in [3.63, 3.8) is 0 Å². The summed E-state index contributed by atoms with van der Waals surface area (Å²) in [5, 5.41) is 2.97. The number of guanidine groups is 1. The maximum atomic E-state index is 5.64. The Hall–Kier alpha value is -0.810. The van der Waals surface area contributed by atoms with E-state index in [1.54, 1.807) is 7.11 Å². The Morgan fingerprint density at radius 2 is 2.57 bits per heavy atom. The van der Waals surface area contributed by atoms with Crippen LogP contribution >= 0.6 is 0 Å². The Kier molecular flexibility index (Phi) is 5.32. The Balaban J connectivity index is 2.08. The van der Waals surface area contributed by atoms with Crippen LogP contribution in [0.1, 0.15) is 6.42 Å². The highest BCUT2D eigenvalue weighted by Gasteiger charge is 2.14. The molecule has 3 N–H and O–H groups in total. The van der Waals surface area contributed by atoms with Crippen molar-refractivity contribution in [1.29, 1.82) is 0 Å². The fourth-order valence-electron chi connectivity index (χ4n) is 1.29. The molecule has 0 spiro atoms. The van der Waals surface area contributed by atoms with Gasteiger partial charge in [-0.2, -0.15) is 0 Å². The molecule has 14 heavy (non-hydrogen) atoms. The molecule has 0 saturated carbocycles. The van der Waals surface area contributed by atoms with Gasteiger partial charge in [-0.25, -0.2) is 0 Å². The normalized spacial score (nSPS) is 22.6. The van der Waals surface area contributed by atoms with Gasteiger partial charge in [-0.15, -0.1) is 0 Å². The number of methoxy groups -OCH3 is 1. The molecule has 5 heteroatoms. The molecule has 0 aromatic heterocycles. The lowest BCUT2D eigenvalue weighted by Gasteiger charge is -2.06. The zero-order valence-electron chi connectivity index (χ0n) is 8.66. The van der Waals surface area contributed by atoms with Gasteiger partial charge in [0, 0.05) is 32.7 Å². The van der Waals surface area contributed by atoms with Crippen molar-refractivity contribution in [3.8, 4) is 0 Å². The number of hydrogen-bond donors (Lipinski definition) is 2. The summed E-state index contributed by atoms with van der Waals surface area (Å²) in [5.41, 5.74) is 5.64. The highest BCUT2D eigenvalue weighted by molar-refractivity contribution is 5.77. The highest BCUT2D eigenvalue weighted by atomic mass is 16.5. The predicted octanol–water partition coefficient (Wildman–Crippen LogP) is -0.426. The Labute approximate surface area is 84.7 Å². The Morgan fingerprint density at radius 1 is 1.71 bits per heavy atom. The van der Waals surface area contributed by atoms with Crippen LogP contribution in [0.3, 0.4) is 0 Å². The first kappa shape index (κ1) is 11.3. The molecule has 1 rings (SSSR count). The predicted molar refractivity (Wildman–Crippen MR) is 55.3 cm³/mol. The maximum absolute atomic E-state index is 5.64. The van der Waals surface area contributed by atoms with Crippen LogP contribution in [0, 0.1) is 5.92 Å². The van der Waals surface area contributed by atoms with Crippen molar-refractivity contribution in [3.05, 3.63) is 0 Å². The van der Waals surface area contributed by atoms with Gasteiger partial charge in [0.15, 0.2) is 5.96 Å². The van der Waals surface area contributed by atoms with Crippen LogP contribution in [0.25, 0.3) is 0 Å². The zero-order valence-corrected chi connectivity index (χ0v) is 8.66. The summed E-state index contributed by atoms with van der Waals surface area (Å²) in [6, 6.07) is 0. The monoisotopic (exact) mass is 201 g/mol. The topological polar surface area (TPSA) is 68.9 Å². The van der Waals surface area contributed by atoms with E-state index in [1.807, 2.05) is 0 Å². The van der Waals surface area contributed by atoms with Crippen molar-refractivity contribution >= 4 is 5.96 Å². The third-order valence-corrected chi connectivity index (χ3v) is 2.16. The minimum Gasteiger partial charge on any atom is -0.383 e. The number of nitrogens with one attached hydrogen (secondary N) is 1. The minimum atomic E-state index is 0.494. The molecule has 0 aromatic rings. The van der Waals surface area contributed by atoms with Gasteiger partial charge in [0.2, 0.25) is 0 Å². The first-order valence-electron chi connectivity index (χ1n) is 4.93. The van der Waals surface area contributed by atoms with Crippen molar-refractivity contribution in [2.45, 2.75) is 6.42 Å². The SMILES string of the molecule is COCCNC(N)=NCC1CCOC1. The molecule has 0 radical (unpaired) electrons. The van der Waals surface area contributed by atoms with E-state index < -0.39 is 0 Å². The fraction of sp³-hybridized carbons (Fsp3) is 0.889. The molecular weight excluding hydrogens is 182 g/mol. The molecular formula is C9H19N3O2. The first-order valence-corrected chi connectivity index (χ1v) is 4.93. The lowest BCUT2D eigenvalue weighted by Crippen LogP contribution is -2.34. The highest BCUT2D eigenvalue weighted by Crippen LogP contribution is 2.11. The van der Waals surface area contributed by atoms with E-state index in [0.717, 1.165) is 26.2 Å². The molecule has 1 aliphatic heterocycles. The number of rotatable bonds is 5. The molecule has 0 bridgehead atoms. The second kappa shape index (κ2) is 6.62. The van der Waals surface area contributed by atoms with Crippen LogP contribution in [0.2, 0.25) is 0 Å². The van der Waals surface area contributed by atoms with Crippen LogP contribution in [0.4, 0.5) is 0 Å². The number of hydrogen-bond acceptors (Lipinski definition) is 3. The molecule has 1 atom stereocenters. The van der Waals surface area contributed by atoms with Gasteiger partial charge in [-0.1, -0.05) is 0 Å². The van der Waals surface area contributed by atoms with Gasteiger partial charge >= 0.3 is 0 Å². The summed E-state index contributed by atoms with van der Waals surface area (Å²) >= 11 is 0. The molecule has 1 saturated heterocycles. The van der Waals surface area contributed by atoms with Crippen LogP contribution in [0.5, 0.6) is 0 Å². The van der Waals surface area contributed by atoms with Gasteiger partial charge in [-0.05, 0) is 6.42 Å². The van der Waals surface area contributed by atoms with Crippen LogP contribution in [-0.4, -0.2) is 46.0 Å². The third-order valence-electron chi connectivity index (χ3n) is 2.16. The molecule has 0 aromatic carbocycles. The number of ether oxygens (including phenoxy) is 2. The van der Waals surface area contributed by atoms with Crippen molar-refractivity contribution in [2.75, 3.05) is 40.0 Å². The molecule has 1 aliphatic rings. The zero-order chi connectivity index (χ0) is 10.2. The van der Waals surface area contributed by atoms with E-state index in [1.165, 1.54) is 0 Å². The average molecular weight is 201 g/mol. The van der Waals surface area contributed by atoms with E-state index in [4.69, 9.17) is 15.2 Å². The van der Waals surface area contributed by atoms with E-state index in [9.17, 15) is 0 Å². The summed E-state index contributed by atoms with van der Waals surface area (Å²) in [5.74, 6) is 1.03. The van der Waals surface area contributed by atoms with Gasteiger partial charge in [0.25, 0.3) is 0 Å². The van der Waals surface area contributed by atoms with E-state index in [2.05, 4.69) is 10.3 Å². The molecule has 0 aliphatic carbocycles. The molecule has 82 valence electrons. The van der Waals surface area contributed by atoms with Gasteiger partial charge < -0.3 is 20.5 Å². The summed E-state index contributed by atoms with van der Waals surface area (Å²) < 4.78 is 10.1. The number of nitrogens with zero attached hydrogens (tertiary/aromatic N) is 1. The van der Waals surface area contributed by atoms with Gasteiger partial charge in [-0.3, -0.25) is 4.99 Å². The van der Waals surface area contributed by atoms with Crippen molar-refractivity contribution in [1.82, 2.24) is 5.32 Å². The third kappa shape index (κ3) is 4.43. The second-order valence-corrected chi connectivity index (χ2v) is 3.38. The lowest BCUT2D eigenvalue weighted by molar-refractivity contribution is 0.187. The number of aliphatic imine (C=N–C) groups is 1. The standard InChI is InChI=1S/C9H19N3O2/c1-13-5-3-11-9(10)12-6-8-2-4-14-7-8/h8H,2-7H2,1H3,(H3,10,11,12). The van der Waals surface area contributed by atoms with Crippen molar-refractivity contribution in [2.24, 2.45) is 16.6 Å². The van der Waals surface area contributed by atoms with E-state index >= 15 is 0 Å². The molecule has 0 amide bonds. The molecule has 1 fully saturated rings. The Morgan fingerprint density at radius 3 is 3.21 bits per heavy atom. The van der Waals surface area contributed by atoms with Gasteiger partial charge in [0.1, 0.15) is 0 Å². The minimum absolute atomic E-state index is 0.494. The van der Waals surface area contributed by atoms with Crippen LogP contribution < -0.4 is 11.1 Å². The van der Waals surface area contributed by atoms with Gasteiger partial charge in [0.05, 0.1) is 13.2 Å². The van der Waals surface area contributed by atoms with E-state index in [-0.39, 0.29) is 0 Å². The van der Waals surface area contributed by atoms with E-state index in [0.29, 0.717) is 25.0 Å². The lowest BCUT2D eigenvalue weighted by atomic mass is 10.1. The number of nitrogens with two attached hydrogens (primary N) is 1. The summed E-state index contributed by atoms with van der Waals surface area (Å²) in [4.78, 5) is 4.23. The molecule has 1 unspecified atom stereocenters. The average Bonchev–Trinajstić information content (AvgIpc) is 2.68. The molecule has 1 heterocycles. The quantitative estimate of drug-likeness (QED) is 0.360. The summed E-state index contributed by atoms with van der Waals surface area (Å²) in [6.07, 6.45) is 1.09. The maximum Gasteiger partial charge on any atom is 0.188 e. The summed E-state index contributed by atoms with van der Waals surface area (Å²) in [6.45, 7) is 3.77. The largest absolute Gasteiger partial charge is 0.383 e. The summed E-state index contributed by atoms with van der Waals surface area (Å²) in [7, 11) is 1.66. The smallest absolute Gasteiger partial charge is 0.188 e. The fourth-order valence-corrected chi connectivity index (χ4v) is 1.29. The Bertz CT molecular complexity index is 179. The van der Waals surface area contributed by atoms with Crippen molar-refractivity contribution < 1.29 is 9.47 Å². The first-order chi connectivity index (χ1) is 6.83. The second-order valence-electron chi connectivity index (χ2n) is 3.38. The van der Waals surface area contributed by atoms with Crippen LogP contribution in [-0.2, 0) is 9.47 Å².